The molecule has 3 rings (SSSR count). The maximum absolute atomic E-state index is 11.7. The van der Waals surface area contributed by atoms with Crippen LogP contribution in [0.1, 0.15) is 32.6 Å². The van der Waals surface area contributed by atoms with Gasteiger partial charge in [0.1, 0.15) is 6.10 Å². The van der Waals surface area contributed by atoms with Crippen LogP contribution in [0.2, 0.25) is 0 Å². The molecular formula is C10H15NO2. The van der Waals surface area contributed by atoms with E-state index in [1.807, 2.05) is 4.90 Å². The van der Waals surface area contributed by atoms with Gasteiger partial charge in [0.2, 0.25) is 0 Å². The van der Waals surface area contributed by atoms with Gasteiger partial charge in [0.05, 0.1) is 0 Å². The maximum Gasteiger partial charge on any atom is 0.252 e. The van der Waals surface area contributed by atoms with Gasteiger partial charge in [-0.25, -0.2) is 0 Å². The van der Waals surface area contributed by atoms with Gasteiger partial charge in [-0.1, -0.05) is 6.92 Å². The van der Waals surface area contributed by atoms with E-state index in [2.05, 4.69) is 6.92 Å². The normalized spacial score (nSPS) is 52.3. The number of rotatable bonds is 1. The number of carbonyl (C=O) groups excluding carboxylic acids is 1. The summed E-state index contributed by atoms with van der Waals surface area (Å²) in [6.45, 7) is 2.13. The minimum Gasteiger partial charge on any atom is -0.383 e. The van der Waals surface area contributed by atoms with Crippen LogP contribution in [0.3, 0.4) is 0 Å². The first-order valence-electron chi connectivity index (χ1n) is 5.20. The van der Waals surface area contributed by atoms with Gasteiger partial charge in [-0.2, -0.15) is 0 Å². The number of nitrogens with zero attached hydrogens (tertiary/aromatic N) is 1. The maximum atomic E-state index is 11.7. The van der Waals surface area contributed by atoms with Crippen molar-refractivity contribution in [2.24, 2.45) is 5.92 Å². The van der Waals surface area contributed by atoms with Gasteiger partial charge in [-0.05, 0) is 25.2 Å². The molecule has 2 aliphatic heterocycles. The lowest BCUT2D eigenvalue weighted by molar-refractivity contribution is -0.137. The van der Waals surface area contributed by atoms with E-state index in [1.165, 1.54) is 6.42 Å². The Balaban J connectivity index is 1.95. The monoisotopic (exact) mass is 181 g/mol. The summed E-state index contributed by atoms with van der Waals surface area (Å²) in [6.07, 6.45) is 3.37. The highest BCUT2D eigenvalue weighted by Gasteiger charge is 2.70. The molecule has 1 spiro atoms. The van der Waals surface area contributed by atoms with Crippen LogP contribution in [-0.4, -0.2) is 33.6 Å². The minimum absolute atomic E-state index is 0.00755. The van der Waals surface area contributed by atoms with Crippen molar-refractivity contribution in [2.45, 2.75) is 50.3 Å². The Morgan fingerprint density at radius 3 is 3.08 bits per heavy atom. The molecule has 0 aromatic heterocycles. The predicted molar refractivity (Wildman–Crippen MR) is 47.0 cm³/mol. The fourth-order valence-corrected chi connectivity index (χ4v) is 3.44. The van der Waals surface area contributed by atoms with Gasteiger partial charge in [0, 0.05) is 18.0 Å². The first-order chi connectivity index (χ1) is 6.19. The molecule has 4 atom stereocenters. The van der Waals surface area contributed by atoms with Crippen molar-refractivity contribution in [1.29, 1.82) is 0 Å². The van der Waals surface area contributed by atoms with Crippen molar-refractivity contribution >= 4 is 5.91 Å². The van der Waals surface area contributed by atoms with E-state index in [0.29, 0.717) is 18.4 Å². The molecule has 1 aliphatic carbocycles. The summed E-state index contributed by atoms with van der Waals surface area (Å²) in [7, 11) is 0. The summed E-state index contributed by atoms with van der Waals surface area (Å²) in [5.41, 5.74) is 0.122. The largest absolute Gasteiger partial charge is 0.383 e. The van der Waals surface area contributed by atoms with E-state index < -0.39 is 6.10 Å². The molecular weight excluding hydrogens is 166 g/mol. The van der Waals surface area contributed by atoms with Crippen LogP contribution in [0, 0.1) is 5.92 Å². The summed E-state index contributed by atoms with van der Waals surface area (Å²) >= 11 is 0. The second kappa shape index (κ2) is 2.08. The molecule has 1 saturated carbocycles. The Hall–Kier alpha value is -0.570. The standard InChI is InChI=1S/C10H15NO2/c1-2-7-3-6-4-10(6)5-8(12)9(13)11(7)10/h6-8,12H,2-5H2,1H3/t6-,7+,8+,10-/m1/s1. The molecule has 3 nitrogen and oxygen atoms in total. The molecule has 2 saturated heterocycles. The molecule has 3 aliphatic rings. The third-order valence-corrected chi connectivity index (χ3v) is 4.14. The highest BCUT2D eigenvalue weighted by molar-refractivity contribution is 5.86. The number of hydrogen-bond donors (Lipinski definition) is 1. The molecule has 1 N–H and O–H groups in total. The number of carbonyl (C=O) groups is 1. The molecule has 0 bridgehead atoms. The summed E-state index contributed by atoms with van der Waals surface area (Å²) in [4.78, 5) is 13.7. The lowest BCUT2D eigenvalue weighted by Gasteiger charge is -2.27. The average Bonchev–Trinajstić information content (AvgIpc) is 2.59. The predicted octanol–water partition coefficient (Wildman–Crippen LogP) is 0.521. The molecule has 3 heteroatoms. The van der Waals surface area contributed by atoms with Crippen molar-refractivity contribution in [3.8, 4) is 0 Å². The van der Waals surface area contributed by atoms with Crippen molar-refractivity contribution in [3.63, 3.8) is 0 Å². The Morgan fingerprint density at radius 1 is 1.62 bits per heavy atom. The first kappa shape index (κ1) is 7.80. The van der Waals surface area contributed by atoms with Gasteiger partial charge in [-0.15, -0.1) is 0 Å². The lowest BCUT2D eigenvalue weighted by atomic mass is 10.1. The topological polar surface area (TPSA) is 40.5 Å². The van der Waals surface area contributed by atoms with Crippen LogP contribution in [0.4, 0.5) is 0 Å². The van der Waals surface area contributed by atoms with Crippen molar-refractivity contribution in [1.82, 2.24) is 4.90 Å². The van der Waals surface area contributed by atoms with Gasteiger partial charge in [0.25, 0.3) is 5.91 Å². The zero-order valence-corrected chi connectivity index (χ0v) is 7.86. The van der Waals surface area contributed by atoms with E-state index in [0.717, 1.165) is 12.8 Å². The summed E-state index contributed by atoms with van der Waals surface area (Å²) in [5.74, 6) is 0.699. The number of amides is 1. The van der Waals surface area contributed by atoms with Gasteiger partial charge in [-0.3, -0.25) is 4.79 Å². The van der Waals surface area contributed by atoms with Crippen LogP contribution in [0.15, 0.2) is 0 Å². The van der Waals surface area contributed by atoms with Crippen LogP contribution in [0.25, 0.3) is 0 Å². The Kier molecular flexibility index (Phi) is 1.25. The van der Waals surface area contributed by atoms with Crippen LogP contribution < -0.4 is 0 Å². The number of piperidine rings is 1. The number of aliphatic hydroxyl groups is 1. The minimum atomic E-state index is -0.695. The average molecular weight is 181 g/mol. The zero-order valence-electron chi connectivity index (χ0n) is 7.86. The Morgan fingerprint density at radius 2 is 2.38 bits per heavy atom. The van der Waals surface area contributed by atoms with E-state index in [9.17, 15) is 9.90 Å². The molecule has 3 fully saturated rings. The van der Waals surface area contributed by atoms with Gasteiger partial charge >= 0.3 is 0 Å². The molecule has 2 heterocycles. The quantitative estimate of drug-likeness (QED) is 0.640. The second-order valence-electron chi connectivity index (χ2n) is 4.73. The fraction of sp³-hybridized carbons (Fsp3) is 0.900. The molecule has 72 valence electrons. The summed E-state index contributed by atoms with van der Waals surface area (Å²) < 4.78 is 0. The molecule has 0 radical (unpaired) electrons. The molecule has 0 aromatic rings. The van der Waals surface area contributed by atoms with E-state index in [1.54, 1.807) is 0 Å². The van der Waals surface area contributed by atoms with Crippen molar-refractivity contribution < 1.29 is 9.90 Å². The smallest absolute Gasteiger partial charge is 0.252 e. The van der Waals surface area contributed by atoms with Crippen LogP contribution >= 0.6 is 0 Å². The molecule has 13 heavy (non-hydrogen) atoms. The Labute approximate surface area is 77.7 Å². The molecule has 1 amide bonds. The van der Waals surface area contributed by atoms with Crippen molar-refractivity contribution in [2.75, 3.05) is 0 Å². The van der Waals surface area contributed by atoms with Gasteiger partial charge < -0.3 is 10.0 Å². The number of hydrogen-bond acceptors (Lipinski definition) is 2. The third kappa shape index (κ3) is 0.725. The third-order valence-electron chi connectivity index (χ3n) is 4.14. The summed E-state index contributed by atoms with van der Waals surface area (Å²) in [6, 6.07) is 0.420. The number of aliphatic hydroxyl groups excluding tert-OH is 1. The zero-order chi connectivity index (χ0) is 9.22. The fourth-order valence-electron chi connectivity index (χ4n) is 3.44. The van der Waals surface area contributed by atoms with E-state index in [4.69, 9.17) is 0 Å². The van der Waals surface area contributed by atoms with E-state index >= 15 is 0 Å². The SMILES string of the molecule is CC[C@H]1C[C@@H]2C[C@@]23C[C@H](O)C(=O)N13. The van der Waals surface area contributed by atoms with E-state index in [-0.39, 0.29) is 11.4 Å². The molecule has 0 aromatic carbocycles. The highest BCUT2D eigenvalue weighted by atomic mass is 16.3. The summed E-state index contributed by atoms with van der Waals surface area (Å²) in [5, 5.41) is 9.52. The highest BCUT2D eigenvalue weighted by Crippen LogP contribution is 2.63. The lowest BCUT2D eigenvalue weighted by Crippen LogP contribution is -2.40. The second-order valence-corrected chi connectivity index (χ2v) is 4.73. The van der Waals surface area contributed by atoms with Crippen LogP contribution in [-0.2, 0) is 4.79 Å². The first-order valence-corrected chi connectivity index (χ1v) is 5.20. The van der Waals surface area contributed by atoms with Crippen LogP contribution in [0.5, 0.6) is 0 Å². The van der Waals surface area contributed by atoms with Crippen molar-refractivity contribution in [3.05, 3.63) is 0 Å². The van der Waals surface area contributed by atoms with Gasteiger partial charge in [0.15, 0.2) is 0 Å². The molecule has 0 unspecified atom stereocenters. The Bertz CT molecular complexity index is 278.